The molecule has 0 aliphatic carbocycles. The molecular formula is C10H19F3N2. The van der Waals surface area contributed by atoms with Crippen LogP contribution in [0.3, 0.4) is 0 Å². The summed E-state index contributed by atoms with van der Waals surface area (Å²) in [6, 6.07) is 0.429. The Morgan fingerprint density at radius 1 is 1.40 bits per heavy atom. The van der Waals surface area contributed by atoms with Crippen LogP contribution >= 0.6 is 0 Å². The van der Waals surface area contributed by atoms with Gasteiger partial charge in [-0.15, -0.1) is 0 Å². The average Bonchev–Trinajstić information content (AvgIpc) is 2.14. The summed E-state index contributed by atoms with van der Waals surface area (Å²) in [5, 5.41) is 1.62. The summed E-state index contributed by atoms with van der Waals surface area (Å²) in [5.74, 6) is 0.128. The summed E-state index contributed by atoms with van der Waals surface area (Å²) in [7, 11) is 0. The molecule has 2 nitrogen and oxygen atoms in total. The van der Waals surface area contributed by atoms with E-state index < -0.39 is 6.30 Å². The first-order chi connectivity index (χ1) is 6.88. The van der Waals surface area contributed by atoms with Gasteiger partial charge in [-0.3, -0.25) is 0 Å². The zero-order valence-corrected chi connectivity index (χ0v) is 9.27. The lowest BCUT2D eigenvalue weighted by molar-refractivity contribution is -0.159. The Kier molecular flexibility index (Phi) is 4.40. The second kappa shape index (κ2) is 5.16. The van der Waals surface area contributed by atoms with Crippen molar-refractivity contribution in [2.75, 3.05) is 19.6 Å². The largest absolute Gasteiger partial charge is 0.457 e. The molecular weight excluding hydrogens is 205 g/mol. The molecule has 0 amide bonds. The standard InChI is InChI=1S/C10H19F3N2/c1-8(2)15-5-3-4-9(7-15)6-14-10(11,12)13/h8-9,14H,3-7H2,1-2H3/t9-/m1/s1. The third kappa shape index (κ3) is 4.84. The molecule has 0 aromatic carbocycles. The van der Waals surface area contributed by atoms with Gasteiger partial charge in [-0.25, -0.2) is 5.32 Å². The van der Waals surface area contributed by atoms with Gasteiger partial charge in [0.1, 0.15) is 0 Å². The van der Waals surface area contributed by atoms with E-state index in [9.17, 15) is 13.2 Å². The van der Waals surface area contributed by atoms with Crippen molar-refractivity contribution in [1.82, 2.24) is 10.2 Å². The topological polar surface area (TPSA) is 15.3 Å². The zero-order chi connectivity index (χ0) is 11.5. The molecule has 1 aliphatic rings. The molecule has 5 heteroatoms. The van der Waals surface area contributed by atoms with Crippen LogP contribution in [0.25, 0.3) is 0 Å². The molecule has 1 heterocycles. The summed E-state index contributed by atoms with van der Waals surface area (Å²) in [6.07, 6.45) is -2.34. The maximum atomic E-state index is 11.9. The molecule has 1 fully saturated rings. The number of piperidine rings is 1. The minimum absolute atomic E-state index is 0.0483. The molecule has 0 spiro atoms. The van der Waals surface area contributed by atoms with Gasteiger partial charge in [-0.05, 0) is 39.2 Å². The average molecular weight is 224 g/mol. The van der Waals surface area contributed by atoms with Gasteiger partial charge >= 0.3 is 6.30 Å². The van der Waals surface area contributed by atoms with Gasteiger partial charge in [0.2, 0.25) is 0 Å². The van der Waals surface area contributed by atoms with E-state index in [1.54, 1.807) is 5.32 Å². The van der Waals surface area contributed by atoms with Gasteiger partial charge in [-0.1, -0.05) is 0 Å². The third-order valence-corrected chi connectivity index (χ3v) is 2.87. The fourth-order valence-electron chi connectivity index (χ4n) is 1.99. The normalized spacial score (nSPS) is 24.8. The van der Waals surface area contributed by atoms with Crippen molar-refractivity contribution in [3.8, 4) is 0 Å². The van der Waals surface area contributed by atoms with Gasteiger partial charge in [0.15, 0.2) is 0 Å². The van der Waals surface area contributed by atoms with E-state index in [1.807, 2.05) is 0 Å². The van der Waals surface area contributed by atoms with Crippen molar-refractivity contribution >= 4 is 0 Å². The maximum Gasteiger partial charge on any atom is 0.457 e. The predicted octanol–water partition coefficient (Wildman–Crippen LogP) is 2.22. The number of nitrogens with one attached hydrogen (secondary N) is 1. The van der Waals surface area contributed by atoms with E-state index in [0.717, 1.165) is 25.9 Å². The van der Waals surface area contributed by atoms with Gasteiger partial charge in [0, 0.05) is 19.1 Å². The molecule has 0 unspecified atom stereocenters. The number of alkyl halides is 3. The van der Waals surface area contributed by atoms with Crippen LogP contribution in [0.5, 0.6) is 0 Å². The van der Waals surface area contributed by atoms with E-state index in [2.05, 4.69) is 18.7 Å². The number of hydrogen-bond acceptors (Lipinski definition) is 2. The molecule has 0 aromatic heterocycles. The van der Waals surface area contributed by atoms with Gasteiger partial charge < -0.3 is 4.90 Å². The molecule has 1 rings (SSSR count). The highest BCUT2D eigenvalue weighted by molar-refractivity contribution is 4.76. The first-order valence-electron chi connectivity index (χ1n) is 5.44. The molecule has 0 bridgehead atoms. The van der Waals surface area contributed by atoms with Crippen LogP contribution in [-0.4, -0.2) is 36.9 Å². The number of likely N-dealkylation sites (tertiary alicyclic amines) is 1. The second-order valence-corrected chi connectivity index (χ2v) is 4.48. The summed E-state index contributed by atoms with van der Waals surface area (Å²) < 4.78 is 35.8. The Bertz CT molecular complexity index is 192. The molecule has 1 N–H and O–H groups in total. The molecule has 0 radical (unpaired) electrons. The quantitative estimate of drug-likeness (QED) is 0.739. The first-order valence-corrected chi connectivity index (χ1v) is 5.44. The van der Waals surface area contributed by atoms with Crippen LogP contribution in [0, 0.1) is 5.92 Å². The zero-order valence-electron chi connectivity index (χ0n) is 9.27. The van der Waals surface area contributed by atoms with Crippen LogP contribution in [-0.2, 0) is 0 Å². The Morgan fingerprint density at radius 2 is 2.07 bits per heavy atom. The minimum Gasteiger partial charge on any atom is -0.301 e. The van der Waals surface area contributed by atoms with Crippen molar-refractivity contribution in [2.45, 2.75) is 39.0 Å². The van der Waals surface area contributed by atoms with Crippen molar-refractivity contribution in [3.05, 3.63) is 0 Å². The summed E-state index contributed by atoms with van der Waals surface area (Å²) in [6.45, 7) is 6.01. The minimum atomic E-state index is -4.24. The Labute approximate surface area is 88.8 Å². The lowest BCUT2D eigenvalue weighted by atomic mass is 9.97. The van der Waals surface area contributed by atoms with Crippen molar-refractivity contribution in [3.63, 3.8) is 0 Å². The highest BCUT2D eigenvalue weighted by Crippen LogP contribution is 2.19. The van der Waals surface area contributed by atoms with Crippen molar-refractivity contribution in [1.29, 1.82) is 0 Å². The van der Waals surface area contributed by atoms with E-state index in [-0.39, 0.29) is 12.5 Å². The van der Waals surface area contributed by atoms with Crippen LogP contribution in [0.2, 0.25) is 0 Å². The SMILES string of the molecule is CC(C)N1CCC[C@H](CNC(F)(F)F)C1. The second-order valence-electron chi connectivity index (χ2n) is 4.48. The van der Waals surface area contributed by atoms with Crippen LogP contribution in [0.4, 0.5) is 13.2 Å². The van der Waals surface area contributed by atoms with Crippen LogP contribution in [0.1, 0.15) is 26.7 Å². The highest BCUT2D eigenvalue weighted by atomic mass is 19.4. The maximum absolute atomic E-state index is 11.9. The Morgan fingerprint density at radius 3 is 2.60 bits per heavy atom. The molecule has 1 aliphatic heterocycles. The first kappa shape index (κ1) is 12.8. The molecule has 15 heavy (non-hydrogen) atoms. The van der Waals surface area contributed by atoms with Gasteiger partial charge in [-0.2, -0.15) is 13.2 Å². The smallest absolute Gasteiger partial charge is 0.301 e. The summed E-state index contributed by atoms with van der Waals surface area (Å²) in [4.78, 5) is 2.24. The fraction of sp³-hybridized carbons (Fsp3) is 1.00. The van der Waals surface area contributed by atoms with Crippen LogP contribution < -0.4 is 5.32 Å². The number of rotatable bonds is 3. The van der Waals surface area contributed by atoms with E-state index in [1.165, 1.54) is 0 Å². The highest BCUT2D eigenvalue weighted by Gasteiger charge is 2.29. The van der Waals surface area contributed by atoms with Crippen molar-refractivity contribution < 1.29 is 13.2 Å². The number of halogens is 3. The van der Waals surface area contributed by atoms with E-state index in [0.29, 0.717) is 6.04 Å². The van der Waals surface area contributed by atoms with Crippen molar-refractivity contribution in [2.24, 2.45) is 5.92 Å². The summed E-state index contributed by atoms with van der Waals surface area (Å²) >= 11 is 0. The van der Waals surface area contributed by atoms with Crippen LogP contribution in [0.15, 0.2) is 0 Å². The van der Waals surface area contributed by atoms with E-state index >= 15 is 0 Å². The fourth-order valence-corrected chi connectivity index (χ4v) is 1.99. The predicted molar refractivity (Wildman–Crippen MR) is 53.5 cm³/mol. The molecule has 1 saturated heterocycles. The number of hydrogen-bond donors (Lipinski definition) is 1. The lowest BCUT2D eigenvalue weighted by Crippen LogP contribution is -2.45. The number of nitrogens with zero attached hydrogens (tertiary/aromatic N) is 1. The summed E-state index contributed by atoms with van der Waals surface area (Å²) in [5.41, 5.74) is 0. The molecule has 90 valence electrons. The van der Waals surface area contributed by atoms with Gasteiger partial charge in [0.05, 0.1) is 0 Å². The third-order valence-electron chi connectivity index (χ3n) is 2.87. The van der Waals surface area contributed by atoms with E-state index in [4.69, 9.17) is 0 Å². The Hall–Kier alpha value is -0.290. The molecule has 0 aromatic rings. The van der Waals surface area contributed by atoms with Gasteiger partial charge in [0.25, 0.3) is 0 Å². The Balaban J connectivity index is 2.30. The molecule has 0 saturated carbocycles. The monoisotopic (exact) mass is 224 g/mol. The lowest BCUT2D eigenvalue weighted by Gasteiger charge is -2.35. The molecule has 1 atom stereocenters.